The van der Waals surface area contributed by atoms with E-state index >= 15 is 0 Å². The number of hydrogen-bond donors (Lipinski definition) is 2. The van der Waals surface area contributed by atoms with Crippen LogP contribution in [0.15, 0.2) is 48.5 Å². The van der Waals surface area contributed by atoms with Gasteiger partial charge in [0.1, 0.15) is 0 Å². The predicted molar refractivity (Wildman–Crippen MR) is 82.2 cm³/mol. The number of para-hydroxylation sites is 1. The molecule has 1 unspecified atom stereocenters. The maximum atomic E-state index is 12.5. The first-order valence-corrected chi connectivity index (χ1v) is 6.90. The summed E-state index contributed by atoms with van der Waals surface area (Å²) < 4.78 is 0. The molecule has 2 aromatic carbocycles. The zero-order valence-electron chi connectivity index (χ0n) is 11.7. The molecule has 0 saturated carbocycles. The van der Waals surface area contributed by atoms with E-state index in [1.54, 1.807) is 0 Å². The molecule has 2 amide bonds. The summed E-state index contributed by atoms with van der Waals surface area (Å²) in [7, 11) is 0. The molecule has 0 saturated heterocycles. The summed E-state index contributed by atoms with van der Waals surface area (Å²) in [6.07, 6.45) is 0.175. The Bertz CT molecular complexity index is 709. The van der Waals surface area contributed by atoms with Gasteiger partial charge in [-0.3, -0.25) is 9.59 Å². The van der Waals surface area contributed by atoms with Crippen molar-refractivity contribution in [2.24, 2.45) is 0 Å². The highest BCUT2D eigenvalue weighted by atomic mass is 16.2. The Morgan fingerprint density at radius 3 is 2.81 bits per heavy atom. The van der Waals surface area contributed by atoms with E-state index in [0.29, 0.717) is 0 Å². The number of fused-ring (bicyclic) bond motifs is 1. The van der Waals surface area contributed by atoms with Gasteiger partial charge in [0.15, 0.2) is 0 Å². The molecule has 106 valence electrons. The second-order valence-corrected chi connectivity index (χ2v) is 5.25. The fraction of sp³-hybridized carbons (Fsp3) is 0.176. The van der Waals surface area contributed by atoms with Gasteiger partial charge in [0.25, 0.3) is 0 Å². The molecule has 2 aromatic rings. The molecule has 1 atom stereocenters. The summed E-state index contributed by atoms with van der Waals surface area (Å²) >= 11 is 0. The van der Waals surface area contributed by atoms with Crippen LogP contribution in [0.4, 0.5) is 11.4 Å². The highest BCUT2D eigenvalue weighted by Gasteiger charge is 2.30. The van der Waals surface area contributed by atoms with Crippen LogP contribution in [0.1, 0.15) is 23.5 Å². The van der Waals surface area contributed by atoms with Crippen molar-refractivity contribution in [3.8, 4) is 0 Å². The Balaban J connectivity index is 1.86. The fourth-order valence-electron chi connectivity index (χ4n) is 2.60. The van der Waals surface area contributed by atoms with E-state index in [0.717, 1.165) is 22.5 Å². The number of rotatable bonds is 2. The van der Waals surface area contributed by atoms with Crippen LogP contribution in [0, 0.1) is 6.92 Å². The molecule has 4 heteroatoms. The lowest BCUT2D eigenvalue weighted by Gasteiger charge is -2.24. The minimum Gasteiger partial charge on any atom is -0.326 e. The van der Waals surface area contributed by atoms with Gasteiger partial charge in [-0.15, -0.1) is 0 Å². The fourth-order valence-corrected chi connectivity index (χ4v) is 2.60. The van der Waals surface area contributed by atoms with E-state index in [1.807, 2.05) is 55.5 Å². The topological polar surface area (TPSA) is 58.2 Å². The van der Waals surface area contributed by atoms with Crippen LogP contribution in [0.2, 0.25) is 0 Å². The molecule has 0 radical (unpaired) electrons. The van der Waals surface area contributed by atoms with E-state index in [2.05, 4.69) is 10.6 Å². The van der Waals surface area contributed by atoms with Crippen LogP contribution < -0.4 is 10.6 Å². The van der Waals surface area contributed by atoms with Gasteiger partial charge < -0.3 is 10.6 Å². The van der Waals surface area contributed by atoms with Crippen LogP contribution >= 0.6 is 0 Å². The second-order valence-electron chi connectivity index (χ2n) is 5.25. The SMILES string of the molecule is Cc1cccc(NC(=O)C2CC(=O)Nc3ccccc32)c1. The summed E-state index contributed by atoms with van der Waals surface area (Å²) in [5, 5.41) is 5.69. The molecule has 2 N–H and O–H groups in total. The molecule has 3 rings (SSSR count). The molecule has 1 aliphatic heterocycles. The van der Waals surface area contributed by atoms with Gasteiger partial charge in [0.2, 0.25) is 11.8 Å². The van der Waals surface area contributed by atoms with E-state index in [-0.39, 0.29) is 18.2 Å². The average molecular weight is 280 g/mol. The summed E-state index contributed by atoms with van der Waals surface area (Å²) in [5.41, 5.74) is 3.42. The van der Waals surface area contributed by atoms with Gasteiger partial charge >= 0.3 is 0 Å². The Morgan fingerprint density at radius 1 is 1.19 bits per heavy atom. The standard InChI is InChI=1S/C17H16N2O2/c1-11-5-4-6-12(9-11)18-17(21)14-10-16(20)19-15-8-3-2-7-13(14)15/h2-9,14H,10H2,1H3,(H,18,21)(H,19,20). The highest BCUT2D eigenvalue weighted by molar-refractivity contribution is 6.05. The molecule has 1 heterocycles. The highest BCUT2D eigenvalue weighted by Crippen LogP contribution is 2.32. The summed E-state index contributed by atoms with van der Waals surface area (Å²) in [5.74, 6) is -0.726. The van der Waals surface area contributed by atoms with Crippen molar-refractivity contribution >= 4 is 23.2 Å². The third-order valence-electron chi connectivity index (χ3n) is 3.60. The quantitative estimate of drug-likeness (QED) is 0.888. The zero-order valence-corrected chi connectivity index (χ0v) is 11.7. The number of hydrogen-bond acceptors (Lipinski definition) is 2. The van der Waals surface area contributed by atoms with E-state index in [9.17, 15) is 9.59 Å². The second kappa shape index (κ2) is 5.40. The van der Waals surface area contributed by atoms with Gasteiger partial charge in [-0.2, -0.15) is 0 Å². The largest absolute Gasteiger partial charge is 0.326 e. The van der Waals surface area contributed by atoms with Crippen LogP contribution in [0.25, 0.3) is 0 Å². The summed E-state index contributed by atoms with van der Waals surface area (Å²) in [4.78, 5) is 24.3. The zero-order chi connectivity index (χ0) is 14.8. The van der Waals surface area contributed by atoms with Gasteiger partial charge in [-0.25, -0.2) is 0 Å². The van der Waals surface area contributed by atoms with Crippen LogP contribution in [0.3, 0.4) is 0 Å². The minimum atomic E-state index is -0.449. The van der Waals surface area contributed by atoms with Crippen LogP contribution in [0.5, 0.6) is 0 Å². The first-order chi connectivity index (χ1) is 10.1. The van der Waals surface area contributed by atoms with Crippen molar-refractivity contribution in [1.82, 2.24) is 0 Å². The van der Waals surface area contributed by atoms with Crippen molar-refractivity contribution in [2.45, 2.75) is 19.3 Å². The van der Waals surface area contributed by atoms with Crippen molar-refractivity contribution in [1.29, 1.82) is 0 Å². The minimum absolute atomic E-state index is 0.127. The Hall–Kier alpha value is -2.62. The monoisotopic (exact) mass is 280 g/mol. The van der Waals surface area contributed by atoms with E-state index in [4.69, 9.17) is 0 Å². The number of carbonyl (C=O) groups is 2. The van der Waals surface area contributed by atoms with Crippen molar-refractivity contribution in [2.75, 3.05) is 10.6 Å². The predicted octanol–water partition coefficient (Wildman–Crippen LogP) is 3.06. The van der Waals surface area contributed by atoms with E-state index in [1.165, 1.54) is 0 Å². The molecule has 1 aliphatic rings. The third-order valence-corrected chi connectivity index (χ3v) is 3.60. The number of benzene rings is 2. The normalized spacial score (nSPS) is 16.8. The smallest absolute Gasteiger partial charge is 0.232 e. The Kier molecular flexibility index (Phi) is 3.44. The lowest BCUT2D eigenvalue weighted by Crippen LogP contribution is -2.30. The molecule has 0 fully saturated rings. The molecular weight excluding hydrogens is 264 g/mol. The molecule has 21 heavy (non-hydrogen) atoms. The summed E-state index contributed by atoms with van der Waals surface area (Å²) in [6.45, 7) is 1.97. The first kappa shape index (κ1) is 13.4. The number of nitrogens with one attached hydrogen (secondary N) is 2. The maximum Gasteiger partial charge on any atom is 0.232 e. The van der Waals surface area contributed by atoms with Gasteiger partial charge in [-0.05, 0) is 36.2 Å². The Labute approximate surface area is 123 Å². The van der Waals surface area contributed by atoms with E-state index < -0.39 is 5.92 Å². The number of amides is 2. The molecular formula is C17H16N2O2. The van der Waals surface area contributed by atoms with Crippen molar-refractivity contribution < 1.29 is 9.59 Å². The van der Waals surface area contributed by atoms with Gasteiger partial charge in [0, 0.05) is 17.8 Å². The van der Waals surface area contributed by atoms with Gasteiger partial charge in [0.05, 0.1) is 5.92 Å². The molecule has 4 nitrogen and oxygen atoms in total. The number of aryl methyl sites for hydroxylation is 1. The van der Waals surface area contributed by atoms with Crippen LogP contribution in [-0.2, 0) is 9.59 Å². The third kappa shape index (κ3) is 2.79. The van der Waals surface area contributed by atoms with Crippen LogP contribution in [-0.4, -0.2) is 11.8 Å². The van der Waals surface area contributed by atoms with Crippen molar-refractivity contribution in [3.63, 3.8) is 0 Å². The maximum absolute atomic E-state index is 12.5. The average Bonchev–Trinajstić information content (AvgIpc) is 2.46. The first-order valence-electron chi connectivity index (χ1n) is 6.90. The molecule has 0 aromatic heterocycles. The molecule has 0 aliphatic carbocycles. The van der Waals surface area contributed by atoms with Crippen molar-refractivity contribution in [3.05, 3.63) is 59.7 Å². The lowest BCUT2D eigenvalue weighted by molar-refractivity contribution is -0.123. The number of anilines is 2. The number of carbonyl (C=O) groups excluding carboxylic acids is 2. The Morgan fingerprint density at radius 2 is 2.00 bits per heavy atom. The van der Waals surface area contributed by atoms with Gasteiger partial charge in [-0.1, -0.05) is 30.3 Å². The molecule has 0 bridgehead atoms. The summed E-state index contributed by atoms with van der Waals surface area (Å²) in [6, 6.07) is 15.1. The lowest BCUT2D eigenvalue weighted by atomic mass is 9.90. The molecule has 0 spiro atoms.